The minimum absolute atomic E-state index is 0.0550. The standard InChI is InChI=1S/C46H71N7O12/c1-24(2)21-35-44(60)52-38(46(63)64)28(6)40(56)47-29(7)41(57)49-33(18-17-25(3)22-26(4)36(65-11)23-32-15-13-12-14-16-32)27(5)39(55)50-34(45(61)62)19-20-37(54)53(10)31(9)43(59)48-30(8)42(58)51-35/h12-16,24-31,33,35-36,38H,17-23H2,1-11H3,(H,47,56)(H,48,59)(H,49,57)(H,51,58)(H,52,60)(H,61,62)(H,63,64)/t25-,26+,27+,28+,29+,30-,31+,33+,35+,36+,38-/m1/s1. The van der Waals surface area contributed by atoms with Crippen LogP contribution < -0.4 is 26.6 Å². The first-order chi connectivity index (χ1) is 30.4. The average molecular weight is 914 g/mol. The summed E-state index contributed by atoms with van der Waals surface area (Å²) in [4.78, 5) is 124. The number of nitrogens with one attached hydrogen (secondary N) is 5. The van der Waals surface area contributed by atoms with E-state index in [-0.39, 0.29) is 36.7 Å². The molecule has 0 saturated carbocycles. The van der Waals surface area contributed by atoms with Crippen LogP contribution in [0.4, 0.5) is 0 Å². The zero-order chi connectivity index (χ0) is 49.3. The second kappa shape index (κ2) is 26.3. The highest BCUT2D eigenvalue weighted by atomic mass is 16.5. The molecule has 2 rings (SSSR count). The second-order valence-corrected chi connectivity index (χ2v) is 17.9. The van der Waals surface area contributed by atoms with Crippen molar-refractivity contribution in [3.05, 3.63) is 35.9 Å². The van der Waals surface area contributed by atoms with Crippen LogP contribution in [0.3, 0.4) is 0 Å². The Labute approximate surface area is 382 Å². The molecular formula is C46H71N7O12. The lowest BCUT2D eigenvalue weighted by atomic mass is 9.85. The number of carbonyl (C=O) groups is 9. The van der Waals surface area contributed by atoms with E-state index in [1.165, 1.54) is 41.7 Å². The van der Waals surface area contributed by atoms with Gasteiger partial charge < -0.3 is 46.4 Å². The molecule has 11 atom stereocenters. The lowest BCUT2D eigenvalue weighted by Gasteiger charge is -2.29. The largest absolute Gasteiger partial charge is 0.480 e. The maximum Gasteiger partial charge on any atom is 0.350 e. The van der Waals surface area contributed by atoms with Gasteiger partial charge in [0, 0.05) is 33.0 Å². The Bertz CT molecular complexity index is 1870. The van der Waals surface area contributed by atoms with Crippen LogP contribution in [0.5, 0.6) is 0 Å². The van der Waals surface area contributed by atoms with Crippen molar-refractivity contribution in [3.63, 3.8) is 0 Å². The van der Waals surface area contributed by atoms with Gasteiger partial charge in [-0.25, -0.2) is 14.6 Å². The predicted molar refractivity (Wildman–Crippen MR) is 241 cm³/mol. The zero-order valence-corrected chi connectivity index (χ0v) is 39.6. The summed E-state index contributed by atoms with van der Waals surface area (Å²) in [6.45, 7) is 14.5. The molecule has 0 aromatic heterocycles. The summed E-state index contributed by atoms with van der Waals surface area (Å²) in [5.74, 6) is -11.3. The van der Waals surface area contributed by atoms with Crippen LogP contribution >= 0.6 is 0 Å². The third kappa shape index (κ3) is 17.6. The molecule has 0 bridgehead atoms. The maximum atomic E-state index is 13.8. The molecule has 0 aliphatic carbocycles. The van der Waals surface area contributed by atoms with Crippen molar-refractivity contribution >= 4 is 59.0 Å². The molecule has 362 valence electrons. The number of methoxy groups -OCH3 is 1. The molecular weight excluding hydrogens is 843 g/mol. The van der Waals surface area contributed by atoms with E-state index in [0.717, 1.165) is 16.9 Å². The molecule has 0 spiro atoms. The summed E-state index contributed by atoms with van der Waals surface area (Å²) in [6.07, 6.45) is 1.23. The number of carboxylic acid groups (broad SMARTS) is 2. The number of ether oxygens (including phenoxy) is 1. The van der Waals surface area contributed by atoms with E-state index in [1.807, 2.05) is 37.3 Å². The lowest BCUT2D eigenvalue weighted by Crippen LogP contribution is -2.59. The minimum Gasteiger partial charge on any atom is -0.480 e. The molecule has 1 aromatic rings. The Morgan fingerprint density at radius 1 is 0.769 bits per heavy atom. The number of amides is 7. The number of hydrogen-bond acceptors (Lipinski definition) is 10. The van der Waals surface area contributed by atoms with Gasteiger partial charge in [0.1, 0.15) is 35.9 Å². The Morgan fingerprint density at radius 2 is 1.35 bits per heavy atom. The quantitative estimate of drug-likeness (QED) is 0.150. The van der Waals surface area contributed by atoms with Gasteiger partial charge >= 0.3 is 11.9 Å². The van der Waals surface area contributed by atoms with Gasteiger partial charge in [0.05, 0.1) is 17.9 Å². The van der Waals surface area contributed by atoms with Gasteiger partial charge in [-0.1, -0.05) is 71.9 Å². The van der Waals surface area contributed by atoms with Crippen LogP contribution in [0.15, 0.2) is 35.3 Å². The number of aliphatic imine (C=N–C) groups is 1. The molecule has 7 N–H and O–H groups in total. The van der Waals surface area contributed by atoms with E-state index >= 15 is 0 Å². The van der Waals surface area contributed by atoms with Crippen LogP contribution in [0.2, 0.25) is 0 Å². The number of likely N-dealkylation sites (N-methyl/N-ethyl adjacent to an activating group) is 1. The Kier molecular flexibility index (Phi) is 22.4. The Hall–Kier alpha value is -5.72. The smallest absolute Gasteiger partial charge is 0.350 e. The highest BCUT2D eigenvalue weighted by Gasteiger charge is 2.37. The number of rotatable bonds is 13. The van der Waals surface area contributed by atoms with E-state index in [1.54, 1.807) is 21.0 Å². The summed E-state index contributed by atoms with van der Waals surface area (Å²) in [6, 6.07) is 2.26. The first-order valence-corrected chi connectivity index (χ1v) is 22.3. The van der Waals surface area contributed by atoms with Crippen molar-refractivity contribution in [2.45, 2.75) is 150 Å². The summed E-state index contributed by atoms with van der Waals surface area (Å²) in [7, 11) is 2.97. The summed E-state index contributed by atoms with van der Waals surface area (Å²) in [5, 5.41) is 32.8. The monoisotopic (exact) mass is 914 g/mol. The third-order valence-corrected chi connectivity index (χ3v) is 12.0. The second-order valence-electron chi connectivity index (χ2n) is 17.9. The van der Waals surface area contributed by atoms with Crippen LogP contribution in [0, 0.1) is 29.6 Å². The van der Waals surface area contributed by atoms with Gasteiger partial charge in [-0.3, -0.25) is 33.6 Å². The van der Waals surface area contributed by atoms with Crippen LogP contribution in [-0.2, 0) is 54.3 Å². The molecule has 1 heterocycles. The first kappa shape index (κ1) is 55.4. The third-order valence-electron chi connectivity index (χ3n) is 12.0. The Balaban J connectivity index is 2.52. The van der Waals surface area contributed by atoms with Crippen LogP contribution in [0.25, 0.3) is 0 Å². The van der Waals surface area contributed by atoms with E-state index in [0.29, 0.717) is 12.8 Å². The molecule has 1 aliphatic rings. The summed E-state index contributed by atoms with van der Waals surface area (Å²) < 4.78 is 5.85. The van der Waals surface area contributed by atoms with E-state index in [2.05, 4.69) is 38.5 Å². The lowest BCUT2D eigenvalue weighted by molar-refractivity contribution is -0.146. The van der Waals surface area contributed by atoms with Gasteiger partial charge in [0.25, 0.3) is 5.91 Å². The fraction of sp³-hybridized carbons (Fsp3) is 0.652. The predicted octanol–water partition coefficient (Wildman–Crippen LogP) is 2.25. The number of hydrogen-bond donors (Lipinski definition) is 7. The van der Waals surface area contributed by atoms with Gasteiger partial charge in [-0.15, -0.1) is 0 Å². The fourth-order valence-electron chi connectivity index (χ4n) is 7.51. The van der Waals surface area contributed by atoms with Crippen molar-refractivity contribution in [2.24, 2.45) is 34.6 Å². The molecule has 7 amide bonds. The van der Waals surface area contributed by atoms with E-state index in [4.69, 9.17) is 4.74 Å². The van der Waals surface area contributed by atoms with Gasteiger partial charge in [-0.2, -0.15) is 0 Å². The fourth-order valence-corrected chi connectivity index (χ4v) is 7.51. The molecule has 0 fully saturated rings. The topological polar surface area (TPSA) is 279 Å². The van der Waals surface area contributed by atoms with E-state index in [9.17, 15) is 53.4 Å². The summed E-state index contributed by atoms with van der Waals surface area (Å²) in [5.41, 5.74) is 0.511. The van der Waals surface area contributed by atoms with Crippen molar-refractivity contribution in [1.29, 1.82) is 0 Å². The maximum absolute atomic E-state index is 13.8. The molecule has 19 heteroatoms. The number of nitrogens with zero attached hydrogens (tertiary/aromatic N) is 2. The zero-order valence-electron chi connectivity index (χ0n) is 39.6. The van der Waals surface area contributed by atoms with Crippen molar-refractivity contribution in [3.8, 4) is 0 Å². The van der Waals surface area contributed by atoms with Crippen molar-refractivity contribution < 1.29 is 58.1 Å². The number of aliphatic carboxylic acids is 2. The SMILES string of the molecule is CO[C@@H](Cc1ccccc1)[C@@H](C)C[C@H](C)CC[C@@H]1NC(=O)[C@H](C)NC(=O)[C@@H](C)[C@H](C(=O)O)NC(=O)[C@H](CC(C)C)NC(=O)[C@@H](C)NC(=O)[C@H](C)N(C)C(=O)CCC(C(=O)O)=NC(=O)[C@H]1C. The number of carboxylic acids is 2. The van der Waals surface area contributed by atoms with Crippen LogP contribution in [-0.4, -0.2) is 131 Å². The molecule has 1 aliphatic heterocycles. The van der Waals surface area contributed by atoms with Crippen molar-refractivity contribution in [1.82, 2.24) is 31.5 Å². The Morgan fingerprint density at radius 3 is 1.91 bits per heavy atom. The minimum atomic E-state index is -1.80. The molecule has 0 saturated heterocycles. The van der Waals surface area contributed by atoms with Crippen molar-refractivity contribution in [2.75, 3.05) is 14.2 Å². The van der Waals surface area contributed by atoms with Gasteiger partial charge in [-0.05, 0) is 76.2 Å². The molecule has 65 heavy (non-hydrogen) atoms. The highest BCUT2D eigenvalue weighted by Crippen LogP contribution is 2.25. The highest BCUT2D eigenvalue weighted by molar-refractivity contribution is 6.37. The average Bonchev–Trinajstić information content (AvgIpc) is 3.25. The van der Waals surface area contributed by atoms with Gasteiger partial charge in [0.2, 0.25) is 35.4 Å². The van der Waals surface area contributed by atoms with E-state index < -0.39 is 120 Å². The normalized spacial score (nSPS) is 26.8. The number of benzene rings is 1. The number of carbonyl (C=O) groups excluding carboxylic acids is 7. The molecule has 19 nitrogen and oxygen atoms in total. The van der Waals surface area contributed by atoms with Gasteiger partial charge in [0.15, 0.2) is 0 Å². The molecule has 0 radical (unpaired) electrons. The molecule has 0 unspecified atom stereocenters. The van der Waals surface area contributed by atoms with Crippen LogP contribution in [0.1, 0.15) is 106 Å². The summed E-state index contributed by atoms with van der Waals surface area (Å²) >= 11 is 0. The first-order valence-electron chi connectivity index (χ1n) is 22.3. The molecule has 1 aromatic carbocycles.